The molecule has 2 aromatic rings. The van der Waals surface area contributed by atoms with Gasteiger partial charge in [-0.05, 0) is 37.9 Å². The van der Waals surface area contributed by atoms with Crippen LogP contribution in [0.1, 0.15) is 11.1 Å². The second-order valence-corrected chi connectivity index (χ2v) is 7.22. The lowest BCUT2D eigenvalue weighted by Gasteiger charge is -2.31. The molecule has 0 saturated carbocycles. The van der Waals surface area contributed by atoms with Gasteiger partial charge in [-0.3, -0.25) is 4.79 Å². The number of benzene rings is 2. The number of hydrogen-bond acceptors (Lipinski definition) is 5. The number of amides is 1. The molecule has 3 rings (SSSR count). The molecule has 1 unspecified atom stereocenters. The number of likely N-dealkylation sites (N-methyl/N-ethyl adjacent to an activating group) is 1. The SMILES string of the molecule is COc1ccc(CC(=O)N2Cc3ccccc3OCC2CN(C)C)cc1OC. The van der Waals surface area contributed by atoms with Crippen molar-refractivity contribution in [3.63, 3.8) is 0 Å². The number of carbonyl (C=O) groups excluding carboxylic acids is 1. The van der Waals surface area contributed by atoms with E-state index in [0.717, 1.165) is 23.4 Å². The number of carbonyl (C=O) groups is 1. The summed E-state index contributed by atoms with van der Waals surface area (Å²) < 4.78 is 16.7. The van der Waals surface area contributed by atoms with E-state index in [-0.39, 0.29) is 11.9 Å². The number of hydrogen-bond donors (Lipinski definition) is 0. The zero-order chi connectivity index (χ0) is 20.1. The summed E-state index contributed by atoms with van der Waals surface area (Å²) in [4.78, 5) is 17.3. The van der Waals surface area contributed by atoms with Gasteiger partial charge in [0, 0.05) is 18.7 Å². The lowest BCUT2D eigenvalue weighted by molar-refractivity contribution is -0.134. The zero-order valence-electron chi connectivity index (χ0n) is 17.0. The fraction of sp³-hybridized carbons (Fsp3) is 0.409. The molecule has 1 atom stereocenters. The Bertz CT molecular complexity index is 822. The van der Waals surface area contributed by atoms with Gasteiger partial charge in [0.05, 0.1) is 26.7 Å². The summed E-state index contributed by atoms with van der Waals surface area (Å²) in [7, 11) is 7.22. The van der Waals surface area contributed by atoms with E-state index in [0.29, 0.717) is 31.1 Å². The summed E-state index contributed by atoms with van der Waals surface area (Å²) in [6, 6.07) is 13.5. The van der Waals surface area contributed by atoms with Crippen LogP contribution in [0.2, 0.25) is 0 Å². The van der Waals surface area contributed by atoms with Gasteiger partial charge in [-0.1, -0.05) is 24.3 Å². The highest BCUT2D eigenvalue weighted by Crippen LogP contribution is 2.29. The van der Waals surface area contributed by atoms with Crippen LogP contribution in [-0.2, 0) is 17.8 Å². The van der Waals surface area contributed by atoms with Crippen molar-refractivity contribution >= 4 is 5.91 Å². The Balaban J connectivity index is 1.83. The largest absolute Gasteiger partial charge is 0.493 e. The predicted octanol–water partition coefficient (Wildman–Crippen LogP) is 2.60. The summed E-state index contributed by atoms with van der Waals surface area (Å²) >= 11 is 0. The summed E-state index contributed by atoms with van der Waals surface area (Å²) in [5.74, 6) is 2.20. The fourth-order valence-corrected chi connectivity index (χ4v) is 3.50. The second kappa shape index (κ2) is 8.97. The molecular weight excluding hydrogens is 356 g/mol. The number of ether oxygens (including phenoxy) is 3. The number of fused-ring (bicyclic) bond motifs is 1. The van der Waals surface area contributed by atoms with Crippen LogP contribution in [0.3, 0.4) is 0 Å². The Morgan fingerprint density at radius 1 is 1.14 bits per heavy atom. The van der Waals surface area contributed by atoms with Gasteiger partial charge in [-0.25, -0.2) is 0 Å². The highest BCUT2D eigenvalue weighted by atomic mass is 16.5. The molecule has 0 N–H and O–H groups in total. The van der Waals surface area contributed by atoms with Crippen molar-refractivity contribution in [2.75, 3.05) is 41.5 Å². The van der Waals surface area contributed by atoms with Gasteiger partial charge in [-0.2, -0.15) is 0 Å². The van der Waals surface area contributed by atoms with Gasteiger partial charge >= 0.3 is 0 Å². The highest BCUT2D eigenvalue weighted by molar-refractivity contribution is 5.79. The van der Waals surface area contributed by atoms with Gasteiger partial charge in [0.2, 0.25) is 5.91 Å². The van der Waals surface area contributed by atoms with E-state index in [2.05, 4.69) is 4.90 Å². The van der Waals surface area contributed by atoms with Crippen LogP contribution >= 0.6 is 0 Å². The third kappa shape index (κ3) is 4.57. The maximum atomic E-state index is 13.3. The predicted molar refractivity (Wildman–Crippen MR) is 108 cm³/mol. The topological polar surface area (TPSA) is 51.2 Å². The van der Waals surface area contributed by atoms with E-state index in [1.54, 1.807) is 14.2 Å². The van der Waals surface area contributed by atoms with Crippen LogP contribution < -0.4 is 14.2 Å². The monoisotopic (exact) mass is 384 g/mol. The molecule has 0 fully saturated rings. The van der Waals surface area contributed by atoms with Crippen LogP contribution in [0.4, 0.5) is 0 Å². The van der Waals surface area contributed by atoms with Crippen LogP contribution in [0.25, 0.3) is 0 Å². The molecule has 2 aromatic carbocycles. The molecule has 0 aliphatic carbocycles. The summed E-state index contributed by atoms with van der Waals surface area (Å²) in [6.45, 7) is 1.76. The molecule has 1 heterocycles. The first-order valence-corrected chi connectivity index (χ1v) is 9.37. The maximum absolute atomic E-state index is 13.3. The Labute approximate surface area is 166 Å². The van der Waals surface area contributed by atoms with E-state index in [1.165, 1.54) is 0 Å². The van der Waals surface area contributed by atoms with Crippen LogP contribution in [-0.4, -0.2) is 63.2 Å². The van der Waals surface area contributed by atoms with E-state index >= 15 is 0 Å². The van der Waals surface area contributed by atoms with Crippen molar-refractivity contribution in [2.45, 2.75) is 19.0 Å². The minimum Gasteiger partial charge on any atom is -0.493 e. The third-order valence-corrected chi connectivity index (χ3v) is 4.88. The molecular formula is C22H28N2O4. The average molecular weight is 384 g/mol. The average Bonchev–Trinajstić information content (AvgIpc) is 2.87. The van der Waals surface area contributed by atoms with Gasteiger partial charge in [-0.15, -0.1) is 0 Å². The Hall–Kier alpha value is -2.73. The first-order valence-electron chi connectivity index (χ1n) is 9.37. The van der Waals surface area contributed by atoms with E-state index in [9.17, 15) is 4.79 Å². The number of para-hydroxylation sites is 1. The lowest BCUT2D eigenvalue weighted by Crippen LogP contribution is -2.47. The van der Waals surface area contributed by atoms with Gasteiger partial charge in [0.1, 0.15) is 12.4 Å². The summed E-state index contributed by atoms with van der Waals surface area (Å²) in [5.41, 5.74) is 1.93. The van der Waals surface area contributed by atoms with Crippen molar-refractivity contribution in [3.05, 3.63) is 53.6 Å². The second-order valence-electron chi connectivity index (χ2n) is 7.22. The normalized spacial score (nSPS) is 16.2. The molecule has 0 spiro atoms. The molecule has 0 bridgehead atoms. The van der Waals surface area contributed by atoms with E-state index < -0.39 is 0 Å². The summed E-state index contributed by atoms with van der Waals surface area (Å²) in [6.07, 6.45) is 0.298. The van der Waals surface area contributed by atoms with E-state index in [1.807, 2.05) is 61.5 Å². The minimum absolute atomic E-state index is 0.0185. The molecule has 150 valence electrons. The van der Waals surface area contributed by atoms with Crippen molar-refractivity contribution < 1.29 is 19.0 Å². The third-order valence-electron chi connectivity index (χ3n) is 4.88. The lowest BCUT2D eigenvalue weighted by atomic mass is 10.1. The quantitative estimate of drug-likeness (QED) is 0.766. The molecule has 6 heteroatoms. The standard InChI is InChI=1S/C22H28N2O4/c1-23(2)14-18-15-28-19-8-6-5-7-17(19)13-24(18)22(25)12-16-9-10-20(26-3)21(11-16)27-4/h5-11,18H,12-15H2,1-4H3. The summed E-state index contributed by atoms with van der Waals surface area (Å²) in [5, 5.41) is 0. The number of methoxy groups -OCH3 is 2. The van der Waals surface area contributed by atoms with Crippen molar-refractivity contribution in [3.8, 4) is 17.2 Å². The van der Waals surface area contributed by atoms with Crippen molar-refractivity contribution in [1.82, 2.24) is 9.80 Å². The van der Waals surface area contributed by atoms with Crippen LogP contribution in [0.15, 0.2) is 42.5 Å². The number of rotatable bonds is 6. The zero-order valence-corrected chi connectivity index (χ0v) is 17.0. The molecule has 1 amide bonds. The van der Waals surface area contributed by atoms with Crippen molar-refractivity contribution in [2.24, 2.45) is 0 Å². The minimum atomic E-state index is -0.0185. The molecule has 0 aromatic heterocycles. The fourth-order valence-electron chi connectivity index (χ4n) is 3.50. The van der Waals surface area contributed by atoms with Gasteiger partial charge in [0.15, 0.2) is 11.5 Å². The van der Waals surface area contributed by atoms with Gasteiger partial charge in [0.25, 0.3) is 0 Å². The highest BCUT2D eigenvalue weighted by Gasteiger charge is 2.29. The molecule has 28 heavy (non-hydrogen) atoms. The van der Waals surface area contributed by atoms with Crippen LogP contribution in [0, 0.1) is 0 Å². The molecule has 0 saturated heterocycles. The van der Waals surface area contributed by atoms with E-state index in [4.69, 9.17) is 14.2 Å². The molecule has 1 aliphatic heterocycles. The Morgan fingerprint density at radius 2 is 1.89 bits per heavy atom. The maximum Gasteiger partial charge on any atom is 0.227 e. The Kier molecular flexibility index (Phi) is 6.41. The first kappa shape index (κ1) is 20.0. The van der Waals surface area contributed by atoms with Crippen LogP contribution in [0.5, 0.6) is 17.2 Å². The Morgan fingerprint density at radius 3 is 2.61 bits per heavy atom. The van der Waals surface area contributed by atoms with Gasteiger partial charge < -0.3 is 24.0 Å². The van der Waals surface area contributed by atoms with Crippen molar-refractivity contribution in [1.29, 1.82) is 0 Å². The molecule has 1 aliphatic rings. The molecule has 0 radical (unpaired) electrons. The first-order chi connectivity index (χ1) is 13.5. The number of nitrogens with zero attached hydrogens (tertiary/aromatic N) is 2. The smallest absolute Gasteiger partial charge is 0.227 e. The molecule has 6 nitrogen and oxygen atoms in total.